The quantitative estimate of drug-likeness (QED) is 0.680. The van der Waals surface area contributed by atoms with Crippen molar-refractivity contribution in [2.24, 2.45) is 5.10 Å². The van der Waals surface area contributed by atoms with E-state index in [1.807, 2.05) is 12.1 Å². The van der Waals surface area contributed by atoms with Gasteiger partial charge in [-0.1, -0.05) is 29.8 Å². The Balaban J connectivity index is 2.11. The molecule has 0 spiro atoms. The number of benzene rings is 2. The maximum absolute atomic E-state index is 12.1. The van der Waals surface area contributed by atoms with E-state index in [-0.39, 0.29) is 5.91 Å². The van der Waals surface area contributed by atoms with Crippen LogP contribution in [0, 0.1) is 0 Å². The first kappa shape index (κ1) is 15.9. The van der Waals surface area contributed by atoms with Gasteiger partial charge >= 0.3 is 0 Å². The van der Waals surface area contributed by atoms with Gasteiger partial charge in [-0.25, -0.2) is 5.43 Å². The molecule has 6 heteroatoms. The molecule has 1 N–H and O–H groups in total. The topological polar surface area (TPSA) is 59.9 Å². The van der Waals surface area contributed by atoms with Crippen LogP contribution in [0.1, 0.15) is 15.9 Å². The van der Waals surface area contributed by atoms with Gasteiger partial charge in [-0.05, 0) is 18.2 Å². The number of carbonyl (C=O) groups excluding carboxylic acids is 1. The molecule has 0 aliphatic rings. The minimum absolute atomic E-state index is 0.361. The van der Waals surface area contributed by atoms with E-state index in [0.29, 0.717) is 27.6 Å². The van der Waals surface area contributed by atoms with Crippen molar-refractivity contribution >= 4 is 23.7 Å². The van der Waals surface area contributed by atoms with Gasteiger partial charge in [0.1, 0.15) is 11.5 Å². The minimum Gasteiger partial charge on any atom is -0.497 e. The molecule has 0 aliphatic heterocycles. The van der Waals surface area contributed by atoms with E-state index in [9.17, 15) is 4.79 Å². The zero-order valence-corrected chi connectivity index (χ0v) is 12.9. The van der Waals surface area contributed by atoms with Crippen molar-refractivity contribution in [1.82, 2.24) is 5.43 Å². The van der Waals surface area contributed by atoms with Gasteiger partial charge in [0.15, 0.2) is 0 Å². The lowest BCUT2D eigenvalue weighted by Gasteiger charge is -2.08. The van der Waals surface area contributed by atoms with Crippen molar-refractivity contribution in [3.63, 3.8) is 0 Å². The molecule has 0 heterocycles. The van der Waals surface area contributed by atoms with Crippen LogP contribution >= 0.6 is 11.6 Å². The molecule has 0 aliphatic carbocycles. The van der Waals surface area contributed by atoms with Crippen molar-refractivity contribution in [1.29, 1.82) is 0 Å². The number of ether oxygens (including phenoxy) is 2. The third kappa shape index (κ3) is 3.77. The van der Waals surface area contributed by atoms with Crippen LogP contribution in [0.4, 0.5) is 0 Å². The minimum atomic E-state index is -0.386. The second-order valence-electron chi connectivity index (χ2n) is 4.29. The van der Waals surface area contributed by atoms with Crippen LogP contribution < -0.4 is 14.9 Å². The summed E-state index contributed by atoms with van der Waals surface area (Å²) in [5, 5.41) is 4.46. The highest BCUT2D eigenvalue weighted by molar-refractivity contribution is 6.33. The average Bonchev–Trinajstić information content (AvgIpc) is 2.55. The lowest BCUT2D eigenvalue weighted by Crippen LogP contribution is -2.18. The van der Waals surface area contributed by atoms with E-state index in [0.717, 1.165) is 0 Å². The average molecular weight is 319 g/mol. The molecule has 5 nitrogen and oxygen atoms in total. The molecule has 1 amide bonds. The smallest absolute Gasteiger partial charge is 0.275 e. The number of methoxy groups -OCH3 is 2. The van der Waals surface area contributed by atoms with Gasteiger partial charge in [0, 0.05) is 16.7 Å². The number of nitrogens with zero attached hydrogens (tertiary/aromatic N) is 1. The van der Waals surface area contributed by atoms with Crippen molar-refractivity contribution < 1.29 is 14.3 Å². The molecule has 2 aromatic carbocycles. The second-order valence-corrected chi connectivity index (χ2v) is 4.69. The van der Waals surface area contributed by atoms with Crippen LogP contribution in [0.5, 0.6) is 11.5 Å². The molecule has 2 aromatic rings. The fourth-order valence-electron chi connectivity index (χ4n) is 1.79. The first-order chi connectivity index (χ1) is 10.7. The summed E-state index contributed by atoms with van der Waals surface area (Å²) >= 11 is 6.00. The number of hydrogen-bond acceptors (Lipinski definition) is 4. The molecule has 2 rings (SSSR count). The van der Waals surface area contributed by atoms with Gasteiger partial charge in [0.25, 0.3) is 5.91 Å². The SMILES string of the molecule is COc1ccc(C(=O)N/N=C\c2ccccc2Cl)c(OC)c1. The maximum Gasteiger partial charge on any atom is 0.275 e. The van der Waals surface area contributed by atoms with Crippen LogP contribution in [0.15, 0.2) is 47.6 Å². The predicted molar refractivity (Wildman–Crippen MR) is 86.1 cm³/mol. The molecule has 22 heavy (non-hydrogen) atoms. The lowest BCUT2D eigenvalue weighted by atomic mass is 10.2. The number of halogens is 1. The number of amides is 1. The zero-order valence-electron chi connectivity index (χ0n) is 12.2. The Morgan fingerprint density at radius 2 is 1.95 bits per heavy atom. The normalized spacial score (nSPS) is 10.5. The monoisotopic (exact) mass is 318 g/mol. The van der Waals surface area contributed by atoms with Crippen molar-refractivity contribution in [2.75, 3.05) is 14.2 Å². The van der Waals surface area contributed by atoms with Crippen LogP contribution in [-0.4, -0.2) is 26.3 Å². The zero-order chi connectivity index (χ0) is 15.9. The molecule has 0 saturated carbocycles. The Morgan fingerprint density at radius 3 is 2.64 bits per heavy atom. The summed E-state index contributed by atoms with van der Waals surface area (Å²) in [4.78, 5) is 12.1. The summed E-state index contributed by atoms with van der Waals surface area (Å²) in [6, 6.07) is 12.1. The second kappa shape index (κ2) is 7.47. The van der Waals surface area contributed by atoms with E-state index in [2.05, 4.69) is 10.5 Å². The van der Waals surface area contributed by atoms with Crippen molar-refractivity contribution in [3.05, 3.63) is 58.6 Å². The Morgan fingerprint density at radius 1 is 1.18 bits per heavy atom. The Labute approximate surface area is 133 Å². The van der Waals surface area contributed by atoms with E-state index in [4.69, 9.17) is 21.1 Å². The van der Waals surface area contributed by atoms with E-state index < -0.39 is 0 Å². The van der Waals surface area contributed by atoms with Crippen molar-refractivity contribution in [2.45, 2.75) is 0 Å². The summed E-state index contributed by atoms with van der Waals surface area (Å²) in [6.07, 6.45) is 1.48. The molecule has 0 bridgehead atoms. The van der Waals surface area contributed by atoms with Crippen LogP contribution in [0.3, 0.4) is 0 Å². The molecule has 0 saturated heterocycles. The van der Waals surface area contributed by atoms with Crippen molar-refractivity contribution in [3.8, 4) is 11.5 Å². The standard InChI is InChI=1S/C16H15ClN2O3/c1-21-12-7-8-13(15(9-12)22-2)16(20)19-18-10-11-5-3-4-6-14(11)17/h3-10H,1-2H3,(H,19,20)/b18-10-. The first-order valence-electron chi connectivity index (χ1n) is 6.45. The summed E-state index contributed by atoms with van der Waals surface area (Å²) in [5.41, 5.74) is 3.51. The third-order valence-electron chi connectivity index (χ3n) is 2.93. The third-order valence-corrected chi connectivity index (χ3v) is 3.27. The fraction of sp³-hybridized carbons (Fsp3) is 0.125. The maximum atomic E-state index is 12.1. The van der Waals surface area contributed by atoms with Gasteiger partial charge in [-0.15, -0.1) is 0 Å². The van der Waals surface area contributed by atoms with Gasteiger partial charge in [0.2, 0.25) is 0 Å². The number of hydrazone groups is 1. The van der Waals surface area contributed by atoms with Gasteiger partial charge in [-0.3, -0.25) is 4.79 Å². The molecule has 0 atom stereocenters. The molecule has 0 fully saturated rings. The van der Waals surface area contributed by atoms with Crippen LogP contribution in [0.2, 0.25) is 5.02 Å². The molecular formula is C16H15ClN2O3. The first-order valence-corrected chi connectivity index (χ1v) is 6.83. The van der Waals surface area contributed by atoms with Gasteiger partial charge in [-0.2, -0.15) is 5.10 Å². The Hall–Kier alpha value is -2.53. The molecule has 0 unspecified atom stereocenters. The highest BCUT2D eigenvalue weighted by Gasteiger charge is 2.12. The molecule has 0 aromatic heterocycles. The molecular weight excluding hydrogens is 304 g/mol. The molecule has 0 radical (unpaired) electrons. The van der Waals surface area contributed by atoms with Gasteiger partial charge in [0.05, 0.1) is 26.0 Å². The number of hydrogen-bond donors (Lipinski definition) is 1. The summed E-state index contributed by atoms with van der Waals surface area (Å²) in [7, 11) is 3.03. The van der Waals surface area contributed by atoms with E-state index in [1.165, 1.54) is 13.3 Å². The van der Waals surface area contributed by atoms with E-state index >= 15 is 0 Å². The summed E-state index contributed by atoms with van der Waals surface area (Å²) in [5.74, 6) is 0.626. The summed E-state index contributed by atoms with van der Waals surface area (Å²) in [6.45, 7) is 0. The largest absolute Gasteiger partial charge is 0.497 e. The van der Waals surface area contributed by atoms with Crippen LogP contribution in [-0.2, 0) is 0 Å². The van der Waals surface area contributed by atoms with E-state index in [1.54, 1.807) is 37.4 Å². The Kier molecular flexibility index (Phi) is 5.38. The highest BCUT2D eigenvalue weighted by atomic mass is 35.5. The number of nitrogens with one attached hydrogen (secondary N) is 1. The lowest BCUT2D eigenvalue weighted by molar-refractivity contribution is 0.0952. The van der Waals surface area contributed by atoms with Crippen LogP contribution in [0.25, 0.3) is 0 Å². The Bertz CT molecular complexity index is 702. The predicted octanol–water partition coefficient (Wildman–Crippen LogP) is 3.12. The van der Waals surface area contributed by atoms with Gasteiger partial charge < -0.3 is 9.47 Å². The number of rotatable bonds is 5. The highest BCUT2D eigenvalue weighted by Crippen LogP contribution is 2.24. The summed E-state index contributed by atoms with van der Waals surface area (Å²) < 4.78 is 10.3. The molecule has 114 valence electrons. The fourth-order valence-corrected chi connectivity index (χ4v) is 1.97. The number of carbonyl (C=O) groups is 1.